The van der Waals surface area contributed by atoms with Crippen molar-refractivity contribution in [3.05, 3.63) is 52.1 Å². The van der Waals surface area contributed by atoms with Gasteiger partial charge in [-0.2, -0.15) is 0 Å². The lowest BCUT2D eigenvalue weighted by atomic mass is 10.2. The highest BCUT2D eigenvalue weighted by atomic mass is 79.9. The number of pyridine rings is 1. The Morgan fingerprint density at radius 3 is 2.76 bits per heavy atom. The summed E-state index contributed by atoms with van der Waals surface area (Å²) in [6, 6.07) is 6.14. The highest BCUT2D eigenvalue weighted by molar-refractivity contribution is 9.10. The molecule has 2 N–H and O–H groups in total. The Bertz CT molecular complexity index is 552. The van der Waals surface area contributed by atoms with Gasteiger partial charge < -0.3 is 14.6 Å². The van der Waals surface area contributed by atoms with Gasteiger partial charge >= 0.3 is 5.97 Å². The van der Waals surface area contributed by atoms with Crippen LogP contribution in [0.1, 0.15) is 28.1 Å². The second kappa shape index (κ2) is 4.68. The first kappa shape index (κ1) is 11.8. The van der Waals surface area contributed by atoms with Gasteiger partial charge in [-0.15, -0.1) is 0 Å². The molecule has 0 spiro atoms. The second-order valence-electron chi connectivity index (χ2n) is 3.28. The lowest BCUT2D eigenvalue weighted by Crippen LogP contribution is -2.02. The minimum absolute atomic E-state index is 0.141. The third kappa shape index (κ3) is 2.37. The Hall–Kier alpha value is -1.66. The van der Waals surface area contributed by atoms with Crippen molar-refractivity contribution in [1.82, 2.24) is 4.98 Å². The van der Waals surface area contributed by atoms with Crippen LogP contribution in [0.4, 0.5) is 0 Å². The van der Waals surface area contributed by atoms with E-state index in [4.69, 9.17) is 9.52 Å². The van der Waals surface area contributed by atoms with Crippen LogP contribution in [-0.2, 0) is 0 Å². The standard InChI is InChI=1S/C11H8BrNO4/c12-6-2-1-5-13-9(6)10(14)7-3-4-8(17-7)11(15)16/h1-5,10,14H,(H,15,16). The third-order valence-corrected chi connectivity index (χ3v) is 2.82. The molecule has 2 aromatic heterocycles. The van der Waals surface area contributed by atoms with Gasteiger partial charge in [0.2, 0.25) is 5.76 Å². The van der Waals surface area contributed by atoms with Gasteiger partial charge in [-0.05, 0) is 40.2 Å². The van der Waals surface area contributed by atoms with Crippen LogP contribution in [0, 0.1) is 0 Å². The molecular weight excluding hydrogens is 290 g/mol. The zero-order valence-electron chi connectivity index (χ0n) is 8.50. The molecule has 0 saturated heterocycles. The fraction of sp³-hybridized carbons (Fsp3) is 0.0909. The topological polar surface area (TPSA) is 83.6 Å². The van der Waals surface area contributed by atoms with Gasteiger partial charge in [-0.3, -0.25) is 4.98 Å². The molecule has 0 bridgehead atoms. The molecule has 1 atom stereocenters. The van der Waals surface area contributed by atoms with E-state index in [0.29, 0.717) is 10.2 Å². The summed E-state index contributed by atoms with van der Waals surface area (Å²) >= 11 is 3.25. The molecule has 6 heteroatoms. The number of halogens is 1. The maximum Gasteiger partial charge on any atom is 0.371 e. The average molecular weight is 298 g/mol. The summed E-state index contributed by atoms with van der Waals surface area (Å²) in [5.41, 5.74) is 0.374. The van der Waals surface area contributed by atoms with Gasteiger partial charge in [-0.25, -0.2) is 4.79 Å². The number of carboxylic acids is 1. The van der Waals surface area contributed by atoms with Crippen LogP contribution in [0.5, 0.6) is 0 Å². The van der Waals surface area contributed by atoms with Crippen molar-refractivity contribution in [2.75, 3.05) is 0 Å². The molecule has 0 amide bonds. The molecule has 1 unspecified atom stereocenters. The largest absolute Gasteiger partial charge is 0.475 e. The van der Waals surface area contributed by atoms with Crippen LogP contribution in [0.3, 0.4) is 0 Å². The lowest BCUT2D eigenvalue weighted by Gasteiger charge is -2.08. The monoisotopic (exact) mass is 297 g/mol. The molecule has 88 valence electrons. The maximum atomic E-state index is 10.6. The number of aliphatic hydroxyl groups excluding tert-OH is 1. The fourth-order valence-electron chi connectivity index (χ4n) is 1.35. The van der Waals surface area contributed by atoms with E-state index in [1.165, 1.54) is 18.3 Å². The Labute approximate surface area is 105 Å². The van der Waals surface area contributed by atoms with E-state index >= 15 is 0 Å². The van der Waals surface area contributed by atoms with Gasteiger partial charge in [0.05, 0.1) is 5.69 Å². The number of hydrogen-bond acceptors (Lipinski definition) is 4. The van der Waals surface area contributed by atoms with Gasteiger partial charge in [0.15, 0.2) is 6.10 Å². The molecule has 0 radical (unpaired) electrons. The van der Waals surface area contributed by atoms with Crippen molar-refractivity contribution in [2.24, 2.45) is 0 Å². The SMILES string of the molecule is O=C(O)c1ccc(C(O)c2ncccc2Br)o1. The van der Waals surface area contributed by atoms with Crippen LogP contribution in [0.25, 0.3) is 0 Å². The zero-order valence-corrected chi connectivity index (χ0v) is 10.1. The maximum absolute atomic E-state index is 10.6. The highest BCUT2D eigenvalue weighted by Gasteiger charge is 2.20. The molecule has 2 heterocycles. The van der Waals surface area contributed by atoms with Crippen molar-refractivity contribution in [1.29, 1.82) is 0 Å². The van der Waals surface area contributed by atoms with E-state index in [-0.39, 0.29) is 11.5 Å². The van der Waals surface area contributed by atoms with Gasteiger partial charge in [0.25, 0.3) is 0 Å². The summed E-state index contributed by atoms with van der Waals surface area (Å²) < 4.78 is 5.63. The number of rotatable bonds is 3. The van der Waals surface area contributed by atoms with Crippen molar-refractivity contribution in [3.8, 4) is 0 Å². The summed E-state index contributed by atoms with van der Waals surface area (Å²) in [4.78, 5) is 14.6. The lowest BCUT2D eigenvalue weighted by molar-refractivity contribution is 0.0654. The van der Waals surface area contributed by atoms with Crippen molar-refractivity contribution >= 4 is 21.9 Å². The number of hydrogen-bond donors (Lipinski definition) is 2. The predicted molar refractivity (Wildman–Crippen MR) is 61.7 cm³/mol. The van der Waals surface area contributed by atoms with Crippen LogP contribution >= 0.6 is 15.9 Å². The van der Waals surface area contributed by atoms with Crippen LogP contribution in [0.15, 0.2) is 39.4 Å². The van der Waals surface area contributed by atoms with E-state index in [9.17, 15) is 9.90 Å². The zero-order chi connectivity index (χ0) is 12.4. The van der Waals surface area contributed by atoms with E-state index in [2.05, 4.69) is 20.9 Å². The number of nitrogens with zero attached hydrogens (tertiary/aromatic N) is 1. The quantitative estimate of drug-likeness (QED) is 0.907. The van der Waals surface area contributed by atoms with Gasteiger partial charge in [-0.1, -0.05) is 0 Å². The van der Waals surface area contributed by atoms with E-state index in [0.717, 1.165) is 0 Å². The van der Waals surface area contributed by atoms with Crippen molar-refractivity contribution < 1.29 is 19.4 Å². The summed E-state index contributed by atoms with van der Waals surface area (Å²) in [6.45, 7) is 0. The van der Waals surface area contributed by atoms with Crippen LogP contribution in [0.2, 0.25) is 0 Å². The number of aromatic carboxylic acids is 1. The van der Waals surface area contributed by atoms with Crippen LogP contribution < -0.4 is 0 Å². The first-order valence-corrected chi connectivity index (χ1v) is 5.50. The third-order valence-electron chi connectivity index (χ3n) is 2.15. The molecule has 17 heavy (non-hydrogen) atoms. The predicted octanol–water partition coefficient (Wildman–Crippen LogP) is 2.22. The molecule has 5 nitrogen and oxygen atoms in total. The second-order valence-corrected chi connectivity index (χ2v) is 4.13. The van der Waals surface area contributed by atoms with Crippen LogP contribution in [-0.4, -0.2) is 21.2 Å². The smallest absolute Gasteiger partial charge is 0.371 e. The summed E-state index contributed by atoms with van der Waals surface area (Å²) in [5.74, 6) is -1.25. The van der Waals surface area contributed by atoms with E-state index < -0.39 is 12.1 Å². The fourth-order valence-corrected chi connectivity index (χ4v) is 1.82. The number of furan rings is 1. The highest BCUT2D eigenvalue weighted by Crippen LogP contribution is 2.27. The number of carbonyl (C=O) groups is 1. The average Bonchev–Trinajstić information content (AvgIpc) is 2.78. The number of aromatic nitrogens is 1. The molecule has 0 saturated carbocycles. The summed E-state index contributed by atoms with van der Waals surface area (Å²) in [6.07, 6.45) is 0.434. The normalized spacial score (nSPS) is 12.4. The Morgan fingerprint density at radius 1 is 1.41 bits per heavy atom. The Balaban J connectivity index is 2.34. The molecule has 0 aromatic carbocycles. The number of aliphatic hydroxyl groups is 1. The van der Waals surface area contributed by atoms with Crippen molar-refractivity contribution in [2.45, 2.75) is 6.10 Å². The minimum Gasteiger partial charge on any atom is -0.475 e. The van der Waals surface area contributed by atoms with E-state index in [1.54, 1.807) is 12.1 Å². The summed E-state index contributed by atoms with van der Waals surface area (Å²) in [7, 11) is 0. The minimum atomic E-state index is -1.18. The Morgan fingerprint density at radius 2 is 2.18 bits per heavy atom. The van der Waals surface area contributed by atoms with Crippen molar-refractivity contribution in [3.63, 3.8) is 0 Å². The molecule has 0 aliphatic heterocycles. The molecule has 2 aromatic rings. The van der Waals surface area contributed by atoms with Gasteiger partial charge in [0.1, 0.15) is 5.76 Å². The molecule has 2 rings (SSSR count). The summed E-state index contributed by atoms with van der Waals surface area (Å²) in [5, 5.41) is 18.7. The number of carboxylic acid groups (broad SMARTS) is 1. The first-order valence-electron chi connectivity index (χ1n) is 4.71. The molecule has 0 fully saturated rings. The first-order chi connectivity index (χ1) is 8.09. The van der Waals surface area contributed by atoms with E-state index in [1.807, 2.05) is 0 Å². The molecule has 0 aliphatic carbocycles. The molecule has 0 aliphatic rings. The molecular formula is C11H8BrNO4. The Kier molecular flexibility index (Phi) is 3.26. The van der Waals surface area contributed by atoms with Gasteiger partial charge in [0, 0.05) is 10.7 Å².